The zero-order valence-electron chi connectivity index (χ0n) is 8.71. The van der Waals surface area contributed by atoms with E-state index in [1.165, 1.54) is 18.2 Å². The minimum Gasteiger partial charge on any atom is -0.372 e. The third-order valence-electron chi connectivity index (χ3n) is 1.91. The predicted molar refractivity (Wildman–Crippen MR) is 60.0 cm³/mol. The maximum Gasteiger partial charge on any atom is 0.162 e. The first kappa shape index (κ1) is 13.1. The van der Waals surface area contributed by atoms with Gasteiger partial charge in [0.05, 0.1) is 11.6 Å². The van der Waals surface area contributed by atoms with Gasteiger partial charge in [0.25, 0.3) is 0 Å². The molecule has 0 aromatic heterocycles. The molecule has 5 heteroatoms. The van der Waals surface area contributed by atoms with E-state index in [0.29, 0.717) is 18.7 Å². The van der Waals surface area contributed by atoms with Crippen molar-refractivity contribution in [1.29, 1.82) is 0 Å². The molecule has 0 unspecified atom stereocenters. The van der Waals surface area contributed by atoms with Crippen LogP contribution >= 0.6 is 11.6 Å². The van der Waals surface area contributed by atoms with Crippen LogP contribution in [0.3, 0.4) is 0 Å². The van der Waals surface area contributed by atoms with Crippen LogP contribution in [0.25, 0.3) is 0 Å². The lowest BCUT2D eigenvalue weighted by molar-refractivity contribution is -0.122. The second-order valence-electron chi connectivity index (χ2n) is 3.31. The molecule has 0 atom stereocenters. The van der Waals surface area contributed by atoms with Gasteiger partial charge in [-0.2, -0.15) is 0 Å². The molecule has 3 nitrogen and oxygen atoms in total. The third-order valence-corrected chi connectivity index (χ3v) is 2.20. The van der Waals surface area contributed by atoms with Crippen LogP contribution in [0.2, 0.25) is 5.02 Å². The second-order valence-corrected chi connectivity index (χ2v) is 3.71. The molecule has 16 heavy (non-hydrogen) atoms. The van der Waals surface area contributed by atoms with Gasteiger partial charge >= 0.3 is 0 Å². The van der Waals surface area contributed by atoms with E-state index >= 15 is 0 Å². The maximum atomic E-state index is 12.8. The number of halogens is 2. The van der Waals surface area contributed by atoms with Gasteiger partial charge in [-0.3, -0.25) is 4.79 Å². The van der Waals surface area contributed by atoms with Crippen molar-refractivity contribution in [1.82, 2.24) is 0 Å². The highest BCUT2D eigenvalue weighted by Gasteiger charge is 2.06. The van der Waals surface area contributed by atoms with Gasteiger partial charge < -0.3 is 10.5 Å². The van der Waals surface area contributed by atoms with Crippen molar-refractivity contribution in [2.24, 2.45) is 5.73 Å². The molecule has 0 heterocycles. The van der Waals surface area contributed by atoms with Gasteiger partial charge in [0, 0.05) is 13.0 Å². The van der Waals surface area contributed by atoms with Crippen LogP contribution in [0.15, 0.2) is 18.2 Å². The minimum atomic E-state index is -0.489. The monoisotopic (exact) mass is 245 g/mol. The number of ether oxygens (including phenoxy) is 1. The molecule has 1 aromatic carbocycles. The van der Waals surface area contributed by atoms with Crippen LogP contribution in [0, 0.1) is 5.82 Å². The summed E-state index contributed by atoms with van der Waals surface area (Å²) in [5.74, 6) is -0.576. The second kappa shape index (κ2) is 6.58. The molecule has 0 aliphatic rings. The van der Waals surface area contributed by atoms with Crippen molar-refractivity contribution in [3.05, 3.63) is 34.6 Å². The van der Waals surface area contributed by atoms with Crippen molar-refractivity contribution < 1.29 is 13.9 Å². The summed E-state index contributed by atoms with van der Waals surface area (Å²) in [4.78, 5) is 11.4. The first-order chi connectivity index (χ1) is 7.63. The minimum absolute atomic E-state index is 0.0200. The Morgan fingerprint density at radius 1 is 1.50 bits per heavy atom. The largest absolute Gasteiger partial charge is 0.372 e. The molecule has 0 bridgehead atoms. The Hall–Kier alpha value is -0.970. The van der Waals surface area contributed by atoms with Gasteiger partial charge in [-0.1, -0.05) is 17.7 Å². The summed E-state index contributed by atoms with van der Waals surface area (Å²) < 4.78 is 17.8. The summed E-state index contributed by atoms with van der Waals surface area (Å²) in [6.45, 7) is 0.762. The predicted octanol–water partition coefficient (Wildman–Crippen LogP) is 1.57. The highest BCUT2D eigenvalue weighted by Crippen LogP contribution is 2.16. The quantitative estimate of drug-likeness (QED) is 0.774. The standard InChI is InChI=1S/C11H13ClFNO2/c12-10-6-8(1-2-11(10)13)5-9(15)7-16-4-3-14/h1-2,6H,3-5,7,14H2. The Labute approximate surface area is 98.3 Å². The molecule has 0 amide bonds. The molecule has 0 aliphatic carbocycles. The smallest absolute Gasteiger partial charge is 0.162 e. The molecule has 2 N–H and O–H groups in total. The molecule has 0 saturated carbocycles. The Kier molecular flexibility index (Phi) is 5.38. The fourth-order valence-corrected chi connectivity index (χ4v) is 1.40. The number of carbonyl (C=O) groups is 1. The van der Waals surface area contributed by atoms with Crippen LogP contribution < -0.4 is 5.73 Å². The van der Waals surface area contributed by atoms with Gasteiger partial charge in [0.1, 0.15) is 12.4 Å². The van der Waals surface area contributed by atoms with E-state index in [2.05, 4.69) is 0 Å². The Morgan fingerprint density at radius 3 is 2.88 bits per heavy atom. The molecule has 0 saturated heterocycles. The highest BCUT2D eigenvalue weighted by atomic mass is 35.5. The molecule has 0 spiro atoms. The highest BCUT2D eigenvalue weighted by molar-refractivity contribution is 6.30. The number of Topliss-reactive ketones (excluding diaryl/α,β-unsaturated/α-hetero) is 1. The van der Waals surface area contributed by atoms with Crippen molar-refractivity contribution in [2.45, 2.75) is 6.42 Å². The zero-order valence-corrected chi connectivity index (χ0v) is 9.47. The number of benzene rings is 1. The van der Waals surface area contributed by atoms with E-state index in [1.54, 1.807) is 0 Å². The molecular formula is C11H13ClFNO2. The number of hydrogen-bond donors (Lipinski definition) is 1. The molecule has 0 fully saturated rings. The average Bonchev–Trinajstić information content (AvgIpc) is 2.24. The van der Waals surface area contributed by atoms with Crippen LogP contribution in [0.4, 0.5) is 4.39 Å². The average molecular weight is 246 g/mol. The van der Waals surface area contributed by atoms with Gasteiger partial charge in [-0.25, -0.2) is 4.39 Å². The molecule has 1 aromatic rings. The fraction of sp³-hybridized carbons (Fsp3) is 0.364. The topological polar surface area (TPSA) is 52.3 Å². The summed E-state index contributed by atoms with van der Waals surface area (Å²) in [5.41, 5.74) is 5.88. The molecular weight excluding hydrogens is 233 g/mol. The van der Waals surface area contributed by atoms with E-state index < -0.39 is 5.82 Å². The van der Waals surface area contributed by atoms with Crippen molar-refractivity contribution in [2.75, 3.05) is 19.8 Å². The van der Waals surface area contributed by atoms with Crippen molar-refractivity contribution in [3.63, 3.8) is 0 Å². The molecule has 0 radical (unpaired) electrons. The van der Waals surface area contributed by atoms with Crippen LogP contribution in [0.1, 0.15) is 5.56 Å². The maximum absolute atomic E-state index is 12.8. The van der Waals surface area contributed by atoms with E-state index in [1.807, 2.05) is 0 Å². The third kappa shape index (κ3) is 4.26. The van der Waals surface area contributed by atoms with Gasteiger partial charge in [0.15, 0.2) is 5.78 Å². The van der Waals surface area contributed by atoms with Crippen molar-refractivity contribution in [3.8, 4) is 0 Å². The van der Waals surface area contributed by atoms with Crippen LogP contribution in [-0.4, -0.2) is 25.5 Å². The number of carbonyl (C=O) groups excluding carboxylic acids is 1. The summed E-state index contributed by atoms with van der Waals surface area (Å²) in [6, 6.07) is 4.21. The summed E-state index contributed by atoms with van der Waals surface area (Å²) in [6.07, 6.45) is 0.185. The lowest BCUT2D eigenvalue weighted by atomic mass is 10.1. The lowest BCUT2D eigenvalue weighted by Gasteiger charge is -2.03. The Morgan fingerprint density at radius 2 is 2.25 bits per heavy atom. The van der Waals surface area contributed by atoms with Crippen LogP contribution in [0.5, 0.6) is 0 Å². The van der Waals surface area contributed by atoms with Gasteiger partial charge in [-0.05, 0) is 17.7 Å². The van der Waals surface area contributed by atoms with E-state index in [-0.39, 0.29) is 23.8 Å². The number of rotatable bonds is 6. The number of nitrogens with two attached hydrogens (primary N) is 1. The van der Waals surface area contributed by atoms with Crippen LogP contribution in [-0.2, 0) is 16.0 Å². The molecule has 88 valence electrons. The zero-order chi connectivity index (χ0) is 12.0. The lowest BCUT2D eigenvalue weighted by Crippen LogP contribution is -2.16. The Balaban J connectivity index is 2.46. The SMILES string of the molecule is NCCOCC(=O)Cc1ccc(F)c(Cl)c1. The number of ketones is 1. The van der Waals surface area contributed by atoms with Crippen molar-refractivity contribution >= 4 is 17.4 Å². The summed E-state index contributed by atoms with van der Waals surface area (Å²) in [5, 5.41) is 0.0215. The first-order valence-electron chi connectivity index (χ1n) is 4.87. The summed E-state index contributed by atoms with van der Waals surface area (Å²) >= 11 is 5.59. The molecule has 1 rings (SSSR count). The number of hydrogen-bond acceptors (Lipinski definition) is 3. The summed E-state index contributed by atoms with van der Waals surface area (Å²) in [7, 11) is 0. The Bertz CT molecular complexity index is 371. The van der Waals surface area contributed by atoms with Gasteiger partial charge in [-0.15, -0.1) is 0 Å². The first-order valence-corrected chi connectivity index (χ1v) is 5.24. The fourth-order valence-electron chi connectivity index (χ4n) is 1.20. The normalized spacial score (nSPS) is 10.4. The van der Waals surface area contributed by atoms with Gasteiger partial charge in [0.2, 0.25) is 0 Å². The van der Waals surface area contributed by atoms with E-state index in [9.17, 15) is 9.18 Å². The van der Waals surface area contributed by atoms with E-state index in [4.69, 9.17) is 22.1 Å². The van der Waals surface area contributed by atoms with E-state index in [0.717, 1.165) is 0 Å². The molecule has 0 aliphatic heterocycles.